The maximum Gasteiger partial charge on any atom is 0.175 e. The molecule has 0 unspecified atom stereocenters. The van der Waals surface area contributed by atoms with Crippen LogP contribution in [0.4, 0.5) is 0 Å². The summed E-state index contributed by atoms with van der Waals surface area (Å²) < 4.78 is 24.7. The Morgan fingerprint density at radius 3 is 2.53 bits per heavy atom. The third-order valence-electron chi connectivity index (χ3n) is 2.84. The van der Waals surface area contributed by atoms with Gasteiger partial charge in [-0.1, -0.05) is 12.1 Å². The summed E-state index contributed by atoms with van der Waals surface area (Å²) in [5, 5.41) is 0. The van der Waals surface area contributed by atoms with Crippen LogP contribution in [0.5, 0.6) is 0 Å². The monoisotopic (exact) mass is 273 g/mol. The Balaban J connectivity index is 2.07. The molecule has 5 nitrogen and oxygen atoms in total. The zero-order valence-electron chi connectivity index (χ0n) is 10.2. The molecule has 6 heteroatoms. The maximum atomic E-state index is 11.4. The van der Waals surface area contributed by atoms with Crippen molar-refractivity contribution in [1.29, 1.82) is 0 Å². The predicted octanol–water partition coefficient (Wildman–Crippen LogP) is 1.80. The van der Waals surface area contributed by atoms with Crippen LogP contribution in [-0.2, 0) is 9.84 Å². The molecule has 0 aliphatic heterocycles. The van der Waals surface area contributed by atoms with Crippen LogP contribution in [0.15, 0.2) is 53.9 Å². The number of aromatic nitrogens is 3. The van der Waals surface area contributed by atoms with Crippen molar-refractivity contribution in [3.05, 3.63) is 49.1 Å². The third-order valence-corrected chi connectivity index (χ3v) is 3.97. The Kier molecular flexibility index (Phi) is 2.60. The zero-order valence-corrected chi connectivity index (χ0v) is 11.0. The molecule has 0 radical (unpaired) electrons. The van der Waals surface area contributed by atoms with Crippen LogP contribution < -0.4 is 0 Å². The lowest BCUT2D eigenvalue weighted by molar-refractivity contribution is 0.602. The largest absolute Gasteiger partial charge is 0.304 e. The fourth-order valence-corrected chi connectivity index (χ4v) is 2.49. The summed E-state index contributed by atoms with van der Waals surface area (Å²) in [7, 11) is -3.16. The molecule has 0 saturated carbocycles. The molecule has 0 N–H and O–H groups in total. The van der Waals surface area contributed by atoms with Crippen molar-refractivity contribution in [2.24, 2.45) is 0 Å². The normalized spacial score (nSPS) is 11.8. The van der Waals surface area contributed by atoms with Crippen molar-refractivity contribution < 1.29 is 8.42 Å². The molecular formula is C13H11N3O2S. The molecule has 2 aromatic heterocycles. The molecule has 0 bridgehead atoms. The minimum atomic E-state index is -3.16. The number of benzene rings is 1. The molecule has 0 spiro atoms. The van der Waals surface area contributed by atoms with Gasteiger partial charge >= 0.3 is 0 Å². The van der Waals surface area contributed by atoms with Crippen LogP contribution in [0, 0.1) is 0 Å². The van der Waals surface area contributed by atoms with Gasteiger partial charge in [0.2, 0.25) is 0 Å². The lowest BCUT2D eigenvalue weighted by atomic mass is 10.2. The van der Waals surface area contributed by atoms with Crippen LogP contribution >= 0.6 is 0 Å². The fraction of sp³-hybridized carbons (Fsp3) is 0.0769. The van der Waals surface area contributed by atoms with E-state index in [4.69, 9.17) is 0 Å². The third kappa shape index (κ3) is 2.22. The Labute approximate surface area is 110 Å². The number of sulfone groups is 1. The smallest absolute Gasteiger partial charge is 0.175 e. The van der Waals surface area contributed by atoms with E-state index in [-0.39, 0.29) is 0 Å². The molecular weight excluding hydrogens is 262 g/mol. The average molecular weight is 273 g/mol. The first-order chi connectivity index (χ1) is 9.04. The highest BCUT2D eigenvalue weighted by Crippen LogP contribution is 2.20. The Morgan fingerprint density at radius 1 is 1.16 bits per heavy atom. The van der Waals surface area contributed by atoms with Crippen molar-refractivity contribution in [1.82, 2.24) is 14.4 Å². The van der Waals surface area contributed by atoms with Gasteiger partial charge in [-0.25, -0.2) is 13.4 Å². The summed E-state index contributed by atoms with van der Waals surface area (Å²) in [5.41, 5.74) is 2.41. The summed E-state index contributed by atoms with van der Waals surface area (Å²) in [4.78, 5) is 8.74. The standard InChI is InChI=1S/C13H11N3O2S/c1-19(17,18)11-4-2-10(3-5-11)12-9-16-7-6-14-8-13(16)15-12/h2-9H,1H3. The number of rotatable bonds is 2. The summed E-state index contributed by atoms with van der Waals surface area (Å²) in [6.45, 7) is 0. The number of hydrogen-bond acceptors (Lipinski definition) is 4. The minimum absolute atomic E-state index is 0.307. The Hall–Kier alpha value is -2.21. The van der Waals surface area contributed by atoms with Crippen LogP contribution in [0.25, 0.3) is 16.9 Å². The first kappa shape index (κ1) is 11.9. The van der Waals surface area contributed by atoms with E-state index in [1.54, 1.807) is 36.7 Å². The molecule has 0 aliphatic rings. The topological polar surface area (TPSA) is 64.3 Å². The maximum absolute atomic E-state index is 11.4. The van der Waals surface area contributed by atoms with Gasteiger partial charge in [0.15, 0.2) is 15.5 Å². The van der Waals surface area contributed by atoms with E-state index in [2.05, 4.69) is 9.97 Å². The summed E-state index contributed by atoms with van der Waals surface area (Å²) >= 11 is 0. The molecule has 3 aromatic rings. The van der Waals surface area contributed by atoms with Crippen LogP contribution in [0.1, 0.15) is 0 Å². The molecule has 2 heterocycles. The van der Waals surface area contributed by atoms with E-state index in [1.165, 1.54) is 6.26 Å². The van der Waals surface area contributed by atoms with Gasteiger partial charge in [0, 0.05) is 30.4 Å². The SMILES string of the molecule is CS(=O)(=O)c1ccc(-c2cn3ccncc3n2)cc1. The van der Waals surface area contributed by atoms with E-state index in [1.807, 2.05) is 16.8 Å². The van der Waals surface area contributed by atoms with Crippen molar-refractivity contribution in [3.63, 3.8) is 0 Å². The van der Waals surface area contributed by atoms with Crippen LogP contribution in [0.2, 0.25) is 0 Å². The number of hydrogen-bond donors (Lipinski definition) is 0. The highest BCUT2D eigenvalue weighted by atomic mass is 32.2. The second-order valence-corrected chi connectivity index (χ2v) is 6.28. The Morgan fingerprint density at radius 2 is 1.89 bits per heavy atom. The van der Waals surface area contributed by atoms with Gasteiger partial charge in [-0.2, -0.15) is 0 Å². The molecule has 3 rings (SSSR count). The van der Waals surface area contributed by atoms with Crippen LogP contribution in [-0.4, -0.2) is 29.0 Å². The summed E-state index contributed by atoms with van der Waals surface area (Å²) in [6, 6.07) is 6.69. The number of fused-ring (bicyclic) bond motifs is 1. The van der Waals surface area contributed by atoms with Gasteiger partial charge in [-0.05, 0) is 12.1 Å². The second kappa shape index (κ2) is 4.17. The predicted molar refractivity (Wildman–Crippen MR) is 71.5 cm³/mol. The number of imidazole rings is 1. The van der Waals surface area contributed by atoms with E-state index in [0.29, 0.717) is 4.90 Å². The van der Waals surface area contributed by atoms with Gasteiger partial charge in [-0.3, -0.25) is 4.98 Å². The van der Waals surface area contributed by atoms with E-state index in [9.17, 15) is 8.42 Å². The van der Waals surface area contributed by atoms with Gasteiger partial charge in [0.1, 0.15) is 0 Å². The second-order valence-electron chi connectivity index (χ2n) is 4.26. The lowest BCUT2D eigenvalue weighted by Crippen LogP contribution is -1.96. The van der Waals surface area contributed by atoms with E-state index in [0.717, 1.165) is 16.9 Å². The van der Waals surface area contributed by atoms with E-state index < -0.39 is 9.84 Å². The highest BCUT2D eigenvalue weighted by molar-refractivity contribution is 7.90. The van der Waals surface area contributed by atoms with Crippen molar-refractivity contribution in [2.75, 3.05) is 6.26 Å². The molecule has 0 saturated heterocycles. The molecule has 0 atom stereocenters. The molecule has 0 aliphatic carbocycles. The first-order valence-corrected chi connectivity index (χ1v) is 7.52. The van der Waals surface area contributed by atoms with Crippen LogP contribution in [0.3, 0.4) is 0 Å². The summed E-state index contributed by atoms with van der Waals surface area (Å²) in [5.74, 6) is 0. The first-order valence-electron chi connectivity index (χ1n) is 5.63. The van der Waals surface area contributed by atoms with E-state index >= 15 is 0 Å². The Bertz CT molecular complexity index is 803. The molecule has 1 aromatic carbocycles. The zero-order chi connectivity index (χ0) is 13.5. The molecule has 0 fully saturated rings. The minimum Gasteiger partial charge on any atom is -0.304 e. The highest BCUT2D eigenvalue weighted by Gasteiger charge is 2.08. The molecule has 19 heavy (non-hydrogen) atoms. The average Bonchev–Trinajstić information content (AvgIpc) is 2.81. The van der Waals surface area contributed by atoms with Gasteiger partial charge < -0.3 is 4.40 Å². The summed E-state index contributed by atoms with van der Waals surface area (Å²) in [6.07, 6.45) is 8.25. The molecule has 96 valence electrons. The van der Waals surface area contributed by atoms with Crippen molar-refractivity contribution in [3.8, 4) is 11.3 Å². The van der Waals surface area contributed by atoms with Crippen molar-refractivity contribution in [2.45, 2.75) is 4.90 Å². The lowest BCUT2D eigenvalue weighted by Gasteiger charge is -1.99. The quantitative estimate of drug-likeness (QED) is 0.714. The van der Waals surface area contributed by atoms with Gasteiger partial charge in [-0.15, -0.1) is 0 Å². The van der Waals surface area contributed by atoms with Gasteiger partial charge in [0.25, 0.3) is 0 Å². The van der Waals surface area contributed by atoms with Crippen molar-refractivity contribution >= 4 is 15.5 Å². The fourth-order valence-electron chi connectivity index (χ4n) is 1.85. The number of nitrogens with zero attached hydrogens (tertiary/aromatic N) is 3. The molecule has 0 amide bonds. The van der Waals surface area contributed by atoms with Gasteiger partial charge in [0.05, 0.1) is 16.8 Å².